The van der Waals surface area contributed by atoms with E-state index in [1.165, 1.54) is 19.1 Å². The molecule has 0 unspecified atom stereocenters. The van der Waals surface area contributed by atoms with Crippen molar-refractivity contribution < 1.29 is 19.1 Å². The number of unbranched alkanes of at least 4 members (excludes halogenated alkanes) is 2. The number of rotatable bonds is 7. The number of amides is 2. The molecule has 24 heavy (non-hydrogen) atoms. The molecule has 1 aliphatic rings. The van der Waals surface area contributed by atoms with Crippen molar-refractivity contribution >= 4 is 40.6 Å². The number of nitrogens with zero attached hydrogens (tertiary/aromatic N) is 1. The Morgan fingerprint density at radius 2 is 1.88 bits per heavy atom. The predicted octanol–water partition coefficient (Wildman–Crippen LogP) is 4.58. The number of hydrogen-bond acceptors (Lipinski definition) is 5. The highest BCUT2D eigenvalue weighted by molar-refractivity contribution is 8.18. The van der Waals surface area contributed by atoms with Crippen molar-refractivity contribution in [3.05, 3.63) is 27.6 Å². The quantitative estimate of drug-likeness (QED) is 0.520. The summed E-state index contributed by atoms with van der Waals surface area (Å²) in [5.41, 5.74) is 0.627. The number of carbonyl (C=O) groups excluding carboxylic acids is 2. The van der Waals surface area contributed by atoms with Crippen LogP contribution in [0.5, 0.6) is 11.5 Å². The van der Waals surface area contributed by atoms with Crippen molar-refractivity contribution in [1.29, 1.82) is 0 Å². The molecule has 2 rings (SSSR count). The Kier molecular flexibility index (Phi) is 6.57. The van der Waals surface area contributed by atoms with Crippen LogP contribution in [0.15, 0.2) is 17.0 Å². The summed E-state index contributed by atoms with van der Waals surface area (Å²) in [7, 11) is 3.04. The van der Waals surface area contributed by atoms with Gasteiger partial charge in [0, 0.05) is 18.2 Å². The molecule has 0 aromatic heterocycles. The maximum atomic E-state index is 12.4. The van der Waals surface area contributed by atoms with Crippen LogP contribution in [0.4, 0.5) is 4.79 Å². The van der Waals surface area contributed by atoms with E-state index in [0.717, 1.165) is 31.0 Å². The van der Waals surface area contributed by atoms with Crippen LogP contribution in [-0.2, 0) is 4.79 Å². The fourth-order valence-corrected chi connectivity index (χ4v) is 3.46. The standard InChI is InChI=1S/C17H20ClNO4S/c1-4-5-6-7-19-16(20)15(24-17(19)21)9-11-8-12(18)14(23-3)10-13(11)22-2/h8-10H,4-7H2,1-3H3/b15-9-. The Bertz CT molecular complexity index is 675. The van der Waals surface area contributed by atoms with E-state index < -0.39 is 0 Å². The van der Waals surface area contributed by atoms with Crippen molar-refractivity contribution in [2.45, 2.75) is 26.2 Å². The normalized spacial score (nSPS) is 16.2. The molecule has 1 saturated heterocycles. The molecule has 0 spiro atoms. The fourth-order valence-electron chi connectivity index (χ4n) is 2.35. The van der Waals surface area contributed by atoms with E-state index >= 15 is 0 Å². The lowest BCUT2D eigenvalue weighted by atomic mass is 10.1. The van der Waals surface area contributed by atoms with Crippen LogP contribution in [0.3, 0.4) is 0 Å². The van der Waals surface area contributed by atoms with Crippen molar-refractivity contribution in [2.75, 3.05) is 20.8 Å². The molecule has 0 radical (unpaired) electrons. The average Bonchev–Trinajstić information content (AvgIpc) is 2.82. The molecule has 1 heterocycles. The lowest BCUT2D eigenvalue weighted by Gasteiger charge is -2.12. The molecular formula is C17H20ClNO4S. The second kappa shape index (κ2) is 8.44. The van der Waals surface area contributed by atoms with E-state index in [2.05, 4.69) is 6.92 Å². The Morgan fingerprint density at radius 3 is 2.50 bits per heavy atom. The molecule has 130 valence electrons. The van der Waals surface area contributed by atoms with Gasteiger partial charge in [0.1, 0.15) is 11.5 Å². The van der Waals surface area contributed by atoms with Gasteiger partial charge in [0.15, 0.2) is 0 Å². The highest BCUT2D eigenvalue weighted by Gasteiger charge is 2.34. The number of ether oxygens (including phenoxy) is 2. The van der Waals surface area contributed by atoms with Gasteiger partial charge in [0.05, 0.1) is 24.1 Å². The van der Waals surface area contributed by atoms with E-state index in [9.17, 15) is 9.59 Å². The van der Waals surface area contributed by atoms with Crippen LogP contribution in [-0.4, -0.2) is 36.8 Å². The largest absolute Gasteiger partial charge is 0.496 e. The SMILES string of the molecule is CCCCCN1C(=O)S/C(=C\c2cc(Cl)c(OC)cc2OC)C1=O. The Morgan fingerprint density at radius 1 is 1.17 bits per heavy atom. The van der Waals surface area contributed by atoms with E-state index in [1.54, 1.807) is 18.2 Å². The van der Waals surface area contributed by atoms with Crippen LogP contribution in [0.25, 0.3) is 6.08 Å². The van der Waals surface area contributed by atoms with Gasteiger partial charge in [-0.15, -0.1) is 0 Å². The molecular weight excluding hydrogens is 350 g/mol. The number of halogens is 1. The maximum absolute atomic E-state index is 12.4. The third kappa shape index (κ3) is 4.05. The second-order valence-electron chi connectivity index (χ2n) is 5.27. The molecule has 0 saturated carbocycles. The monoisotopic (exact) mass is 369 g/mol. The zero-order valence-electron chi connectivity index (χ0n) is 13.9. The summed E-state index contributed by atoms with van der Waals surface area (Å²) in [6, 6.07) is 3.31. The number of methoxy groups -OCH3 is 2. The van der Waals surface area contributed by atoms with Gasteiger partial charge in [-0.2, -0.15) is 0 Å². The van der Waals surface area contributed by atoms with Gasteiger partial charge in [-0.05, 0) is 30.3 Å². The van der Waals surface area contributed by atoms with Gasteiger partial charge in [0.25, 0.3) is 11.1 Å². The van der Waals surface area contributed by atoms with Gasteiger partial charge in [-0.1, -0.05) is 31.4 Å². The van der Waals surface area contributed by atoms with Crippen LogP contribution >= 0.6 is 23.4 Å². The van der Waals surface area contributed by atoms with E-state index in [0.29, 0.717) is 33.5 Å². The summed E-state index contributed by atoms with van der Waals surface area (Å²) in [5.74, 6) is 0.738. The Labute approximate surface area is 150 Å². The lowest BCUT2D eigenvalue weighted by molar-refractivity contribution is -0.122. The molecule has 1 aromatic carbocycles. The van der Waals surface area contributed by atoms with Crippen LogP contribution in [0, 0.1) is 0 Å². The number of benzene rings is 1. The van der Waals surface area contributed by atoms with Crippen molar-refractivity contribution in [1.82, 2.24) is 4.90 Å². The van der Waals surface area contributed by atoms with Crippen molar-refractivity contribution in [2.24, 2.45) is 0 Å². The van der Waals surface area contributed by atoms with Gasteiger partial charge >= 0.3 is 0 Å². The number of hydrogen-bond donors (Lipinski definition) is 0. The third-order valence-corrected chi connectivity index (χ3v) is 4.85. The molecule has 1 aromatic rings. The summed E-state index contributed by atoms with van der Waals surface area (Å²) in [6.07, 6.45) is 4.48. The minimum absolute atomic E-state index is 0.235. The van der Waals surface area contributed by atoms with E-state index in [-0.39, 0.29) is 11.1 Å². The first-order chi connectivity index (χ1) is 11.5. The first kappa shape index (κ1) is 18.7. The molecule has 7 heteroatoms. The highest BCUT2D eigenvalue weighted by atomic mass is 35.5. The second-order valence-corrected chi connectivity index (χ2v) is 6.67. The zero-order chi connectivity index (χ0) is 17.7. The molecule has 0 atom stereocenters. The van der Waals surface area contributed by atoms with Gasteiger partial charge in [0.2, 0.25) is 0 Å². The minimum atomic E-state index is -0.268. The Hall–Kier alpha value is -1.66. The molecule has 0 bridgehead atoms. The smallest absolute Gasteiger partial charge is 0.293 e. The highest BCUT2D eigenvalue weighted by Crippen LogP contribution is 2.37. The molecule has 1 fully saturated rings. The fraction of sp³-hybridized carbons (Fsp3) is 0.412. The first-order valence-corrected chi connectivity index (χ1v) is 8.88. The van der Waals surface area contributed by atoms with Crippen LogP contribution < -0.4 is 9.47 Å². The van der Waals surface area contributed by atoms with Gasteiger partial charge in [-0.3, -0.25) is 14.5 Å². The van der Waals surface area contributed by atoms with Crippen molar-refractivity contribution in [3.8, 4) is 11.5 Å². The summed E-state index contributed by atoms with van der Waals surface area (Å²) < 4.78 is 10.5. The molecule has 1 aliphatic heterocycles. The van der Waals surface area contributed by atoms with Gasteiger partial charge in [-0.25, -0.2) is 0 Å². The molecule has 0 N–H and O–H groups in total. The summed E-state index contributed by atoms with van der Waals surface area (Å²) in [6.45, 7) is 2.53. The van der Waals surface area contributed by atoms with E-state index in [1.807, 2.05) is 0 Å². The maximum Gasteiger partial charge on any atom is 0.293 e. The topological polar surface area (TPSA) is 55.8 Å². The van der Waals surface area contributed by atoms with Crippen LogP contribution in [0.2, 0.25) is 5.02 Å². The molecule has 0 aliphatic carbocycles. The Balaban J connectivity index is 2.27. The summed E-state index contributed by atoms with van der Waals surface area (Å²) in [5, 5.41) is 0.174. The van der Waals surface area contributed by atoms with Crippen molar-refractivity contribution in [3.63, 3.8) is 0 Å². The average molecular weight is 370 g/mol. The minimum Gasteiger partial charge on any atom is -0.496 e. The van der Waals surface area contributed by atoms with Gasteiger partial charge < -0.3 is 9.47 Å². The summed E-state index contributed by atoms with van der Waals surface area (Å²) >= 11 is 7.08. The summed E-state index contributed by atoms with van der Waals surface area (Å²) in [4.78, 5) is 26.2. The molecule has 2 amide bonds. The number of imide groups is 1. The third-order valence-electron chi connectivity index (χ3n) is 3.65. The number of thioether (sulfide) groups is 1. The molecule has 5 nitrogen and oxygen atoms in total. The first-order valence-electron chi connectivity index (χ1n) is 7.68. The van der Waals surface area contributed by atoms with E-state index in [4.69, 9.17) is 21.1 Å². The predicted molar refractivity (Wildman–Crippen MR) is 96.8 cm³/mol. The zero-order valence-corrected chi connectivity index (χ0v) is 15.5. The van der Waals surface area contributed by atoms with Crippen LogP contribution in [0.1, 0.15) is 31.7 Å². The lowest BCUT2D eigenvalue weighted by Crippen LogP contribution is -2.29. The number of carbonyl (C=O) groups is 2.